The molecule has 0 aromatic rings. The summed E-state index contributed by atoms with van der Waals surface area (Å²) in [5, 5.41) is 0. The van der Waals surface area contributed by atoms with Gasteiger partial charge in [-0.1, -0.05) is 34.9 Å². The summed E-state index contributed by atoms with van der Waals surface area (Å²) in [5.74, 6) is 0.699. The van der Waals surface area contributed by atoms with Crippen LogP contribution in [0.25, 0.3) is 0 Å². The van der Waals surface area contributed by atoms with Crippen LogP contribution in [0.15, 0.2) is 57.2 Å². The Morgan fingerprint density at radius 2 is 1.82 bits per heavy atom. The minimum Gasteiger partial charge on any atom is -0.0804 e. The van der Waals surface area contributed by atoms with E-state index >= 15 is 0 Å². The molecule has 1 atom stereocenters. The van der Waals surface area contributed by atoms with E-state index in [-0.39, 0.29) is 26.2 Å². The molecule has 0 nitrogen and oxygen atoms in total. The zero-order chi connectivity index (χ0) is 14.4. The zero-order valence-electron chi connectivity index (χ0n) is 14.0. The van der Waals surface area contributed by atoms with Crippen LogP contribution in [0.5, 0.6) is 0 Å². The molecule has 4 aliphatic carbocycles. The average Bonchev–Trinajstić information content (AvgIpc) is 3.13. The van der Waals surface area contributed by atoms with Crippen LogP contribution < -0.4 is 0 Å². The summed E-state index contributed by atoms with van der Waals surface area (Å²) < 4.78 is 0. The van der Waals surface area contributed by atoms with Crippen molar-refractivity contribution < 1.29 is 26.2 Å². The molecular formula is C21H26Zr. The molecule has 0 heterocycles. The quantitative estimate of drug-likeness (QED) is 0.517. The number of rotatable bonds is 1. The second-order valence-electron chi connectivity index (χ2n) is 7.30. The van der Waals surface area contributed by atoms with Crippen molar-refractivity contribution in [2.24, 2.45) is 5.92 Å². The molecule has 0 amide bonds. The van der Waals surface area contributed by atoms with Gasteiger partial charge in [-0.3, -0.25) is 0 Å². The summed E-state index contributed by atoms with van der Waals surface area (Å²) in [5.41, 5.74) is 12.0. The Hall–Kier alpha value is -0.417. The first-order valence-electron chi connectivity index (χ1n) is 8.72. The maximum absolute atomic E-state index is 2.38. The van der Waals surface area contributed by atoms with Gasteiger partial charge in [0.25, 0.3) is 0 Å². The van der Waals surface area contributed by atoms with Gasteiger partial charge in [-0.15, -0.1) is 0 Å². The Morgan fingerprint density at radius 1 is 1.00 bits per heavy atom. The fraction of sp³-hybridized carbons (Fsp3) is 0.524. The van der Waals surface area contributed by atoms with Gasteiger partial charge in [0.2, 0.25) is 0 Å². The van der Waals surface area contributed by atoms with E-state index in [4.69, 9.17) is 0 Å². The van der Waals surface area contributed by atoms with E-state index in [1.165, 1.54) is 51.4 Å². The van der Waals surface area contributed by atoms with Crippen molar-refractivity contribution in [2.45, 2.75) is 65.2 Å². The molecule has 0 spiro atoms. The van der Waals surface area contributed by atoms with Crippen molar-refractivity contribution in [3.8, 4) is 0 Å². The van der Waals surface area contributed by atoms with Gasteiger partial charge in [0.15, 0.2) is 0 Å². The molecule has 0 bridgehead atoms. The van der Waals surface area contributed by atoms with Crippen LogP contribution in [0.2, 0.25) is 0 Å². The molecular weight excluding hydrogens is 343 g/mol. The van der Waals surface area contributed by atoms with E-state index in [0.717, 1.165) is 0 Å². The first kappa shape index (κ1) is 16.4. The van der Waals surface area contributed by atoms with Gasteiger partial charge in [-0.25, -0.2) is 0 Å². The van der Waals surface area contributed by atoms with Crippen LogP contribution >= 0.6 is 0 Å². The molecule has 1 unspecified atom stereocenters. The molecule has 22 heavy (non-hydrogen) atoms. The number of allylic oxidation sites excluding steroid dienone is 10. The Labute approximate surface area is 154 Å². The molecule has 1 heteroatoms. The topological polar surface area (TPSA) is 0 Å². The summed E-state index contributed by atoms with van der Waals surface area (Å²) in [6.45, 7) is 4.66. The number of hydrogen-bond donors (Lipinski definition) is 0. The maximum Gasteiger partial charge on any atom is 0.00598 e. The molecule has 4 rings (SSSR count). The van der Waals surface area contributed by atoms with Gasteiger partial charge in [-0.05, 0) is 87.5 Å². The van der Waals surface area contributed by atoms with Crippen molar-refractivity contribution in [1.29, 1.82) is 0 Å². The monoisotopic (exact) mass is 368 g/mol. The van der Waals surface area contributed by atoms with E-state index < -0.39 is 0 Å². The van der Waals surface area contributed by atoms with Gasteiger partial charge < -0.3 is 0 Å². The van der Waals surface area contributed by atoms with Crippen LogP contribution in [-0.4, -0.2) is 0 Å². The van der Waals surface area contributed by atoms with Crippen molar-refractivity contribution >= 4 is 0 Å². The predicted octanol–water partition coefficient (Wildman–Crippen LogP) is 6.19. The fourth-order valence-electron chi connectivity index (χ4n) is 4.98. The van der Waals surface area contributed by atoms with Crippen LogP contribution in [-0.2, 0) is 26.2 Å². The van der Waals surface area contributed by atoms with E-state index in [2.05, 4.69) is 32.1 Å². The smallest absolute Gasteiger partial charge is 0.00598 e. The Bertz CT molecular complexity index is 633. The summed E-state index contributed by atoms with van der Waals surface area (Å²) in [7, 11) is 0. The predicted molar refractivity (Wildman–Crippen MR) is 90.1 cm³/mol. The summed E-state index contributed by atoms with van der Waals surface area (Å²) in [6.07, 6.45) is 17.6. The summed E-state index contributed by atoms with van der Waals surface area (Å²) in [6, 6.07) is 0. The minimum atomic E-state index is 0. The van der Waals surface area contributed by atoms with Crippen molar-refractivity contribution in [3.05, 3.63) is 57.2 Å². The van der Waals surface area contributed by atoms with Crippen LogP contribution in [0, 0.1) is 5.92 Å². The van der Waals surface area contributed by atoms with Gasteiger partial charge in [0, 0.05) is 32.1 Å². The zero-order valence-corrected chi connectivity index (χ0v) is 16.4. The molecule has 0 aliphatic heterocycles. The minimum absolute atomic E-state index is 0. The molecule has 0 saturated heterocycles. The third-order valence-corrected chi connectivity index (χ3v) is 5.84. The Kier molecular flexibility index (Phi) is 4.93. The molecule has 0 saturated carbocycles. The average molecular weight is 370 g/mol. The van der Waals surface area contributed by atoms with E-state index in [1.807, 2.05) is 0 Å². The molecule has 0 aromatic carbocycles. The van der Waals surface area contributed by atoms with Crippen molar-refractivity contribution in [3.63, 3.8) is 0 Å². The van der Waals surface area contributed by atoms with Crippen LogP contribution in [0.4, 0.5) is 0 Å². The molecule has 4 aliphatic rings. The first-order chi connectivity index (χ1) is 10.3. The van der Waals surface area contributed by atoms with Crippen LogP contribution in [0.1, 0.15) is 65.2 Å². The second kappa shape index (κ2) is 6.60. The van der Waals surface area contributed by atoms with Crippen molar-refractivity contribution in [2.75, 3.05) is 0 Å². The second-order valence-corrected chi connectivity index (χ2v) is 7.30. The fourth-order valence-corrected chi connectivity index (χ4v) is 4.98. The van der Waals surface area contributed by atoms with E-state index in [0.29, 0.717) is 5.92 Å². The van der Waals surface area contributed by atoms with Gasteiger partial charge in [-0.2, -0.15) is 0 Å². The summed E-state index contributed by atoms with van der Waals surface area (Å²) in [4.78, 5) is 0. The Balaban J connectivity index is 0.00000144. The molecule has 0 aromatic heterocycles. The van der Waals surface area contributed by atoms with Gasteiger partial charge >= 0.3 is 0 Å². The van der Waals surface area contributed by atoms with E-state index in [1.54, 1.807) is 39.0 Å². The van der Waals surface area contributed by atoms with Gasteiger partial charge in [0.1, 0.15) is 0 Å². The van der Waals surface area contributed by atoms with Crippen LogP contribution in [0.3, 0.4) is 0 Å². The maximum atomic E-state index is 2.38. The SMILES string of the molecule is CC(C)=C1C2=C(CCC1C1=CC=CC1)C1=C(CCCC1)C2.[Zr]. The molecule has 0 N–H and O–H groups in total. The number of hydrogen-bond acceptors (Lipinski definition) is 0. The standard InChI is InChI=1S/C21H26.Zr/c1-14(2)21-18(15-7-3-4-8-15)11-12-19-17-10-6-5-9-16(17)13-20(19)21;/h3-4,7,18H,5-6,8-13H2,1-2H3;. The van der Waals surface area contributed by atoms with Crippen molar-refractivity contribution in [1.82, 2.24) is 0 Å². The molecule has 0 fully saturated rings. The summed E-state index contributed by atoms with van der Waals surface area (Å²) >= 11 is 0. The largest absolute Gasteiger partial charge is 0.0804 e. The normalized spacial score (nSPS) is 26.7. The molecule has 0 radical (unpaired) electrons. The molecule has 114 valence electrons. The number of fused-ring (bicyclic) bond motifs is 1. The first-order valence-corrected chi connectivity index (χ1v) is 8.72. The third-order valence-electron chi connectivity index (χ3n) is 5.84. The Morgan fingerprint density at radius 3 is 2.55 bits per heavy atom. The van der Waals surface area contributed by atoms with E-state index in [9.17, 15) is 0 Å². The van der Waals surface area contributed by atoms with Gasteiger partial charge in [0.05, 0.1) is 0 Å². The third kappa shape index (κ3) is 2.64.